The van der Waals surface area contributed by atoms with Gasteiger partial charge in [-0.3, -0.25) is 0 Å². The van der Waals surface area contributed by atoms with Crippen LogP contribution in [0.15, 0.2) is 222 Å². The molecule has 9 aromatic carbocycles. The Balaban J connectivity index is 1.14. The fourth-order valence-electron chi connectivity index (χ4n) is 9.21. The second kappa shape index (κ2) is 12.9. The molecule has 0 saturated heterocycles. The van der Waals surface area contributed by atoms with Gasteiger partial charge in [0, 0.05) is 26.7 Å². The third-order valence-corrected chi connectivity index (χ3v) is 18.0. The van der Waals surface area contributed by atoms with Crippen LogP contribution in [-0.2, 0) is 0 Å². The molecule has 0 unspecified atom stereocenters. The number of anilines is 3. The van der Waals surface area contributed by atoms with E-state index in [0.717, 1.165) is 17.1 Å². The van der Waals surface area contributed by atoms with Gasteiger partial charge in [0.15, 0.2) is 8.07 Å². The maximum absolute atomic E-state index is 2.59. The lowest BCUT2D eigenvalue weighted by molar-refractivity contribution is 1.29. The molecule has 258 valence electrons. The first-order valence-electron chi connectivity index (χ1n) is 18.9. The second-order valence-corrected chi connectivity index (χ2v) is 19.2. The van der Waals surface area contributed by atoms with Crippen molar-refractivity contribution in [2.75, 3.05) is 4.90 Å². The predicted molar refractivity (Wildman–Crippen MR) is 236 cm³/mol. The number of benzene rings is 9. The van der Waals surface area contributed by atoms with Crippen LogP contribution in [0.1, 0.15) is 0 Å². The molecule has 1 nitrogen and oxygen atoms in total. The molecule has 2 heterocycles. The molecule has 0 saturated carbocycles. The Kier molecular flexibility index (Phi) is 7.51. The second-order valence-electron chi connectivity index (χ2n) is 14.4. The molecule has 2 aliphatic rings. The van der Waals surface area contributed by atoms with Crippen LogP contribution in [0.3, 0.4) is 0 Å². The van der Waals surface area contributed by atoms with Crippen molar-refractivity contribution >= 4 is 68.4 Å². The molecular weight excluding hydrogens is 699 g/mol. The third kappa shape index (κ3) is 4.94. The summed E-state index contributed by atoms with van der Waals surface area (Å²) in [7, 11) is -2.59. The molecule has 0 aromatic heterocycles. The van der Waals surface area contributed by atoms with Gasteiger partial charge in [-0.25, -0.2) is 0 Å². The van der Waals surface area contributed by atoms with Gasteiger partial charge >= 0.3 is 0 Å². The average Bonchev–Trinajstić information content (AvgIpc) is 3.54. The van der Waals surface area contributed by atoms with Crippen LogP contribution in [0, 0.1) is 0 Å². The van der Waals surface area contributed by atoms with Gasteiger partial charge in [0.1, 0.15) is 0 Å². The largest absolute Gasteiger partial charge is 0.310 e. The van der Waals surface area contributed by atoms with E-state index in [2.05, 4.69) is 217 Å². The first-order chi connectivity index (χ1) is 27.3. The van der Waals surface area contributed by atoms with Gasteiger partial charge in [-0.1, -0.05) is 182 Å². The normalized spacial score (nSPS) is 13.2. The summed E-state index contributed by atoms with van der Waals surface area (Å²) in [5, 5.41) is 8.46. The molecule has 0 atom stereocenters. The fourth-order valence-corrected chi connectivity index (χ4v) is 16.6. The molecule has 0 bridgehead atoms. The summed E-state index contributed by atoms with van der Waals surface area (Å²) < 4.78 is 0. The molecule has 0 aliphatic carbocycles. The maximum atomic E-state index is 2.48. The van der Waals surface area contributed by atoms with Crippen molar-refractivity contribution in [2.45, 2.75) is 9.79 Å². The minimum Gasteiger partial charge on any atom is -0.310 e. The Morgan fingerprint density at radius 3 is 1.67 bits per heavy atom. The highest BCUT2D eigenvalue weighted by molar-refractivity contribution is 8.00. The molecule has 2 aliphatic heterocycles. The van der Waals surface area contributed by atoms with Crippen LogP contribution in [0.2, 0.25) is 0 Å². The summed E-state index contributed by atoms with van der Waals surface area (Å²) in [5.41, 5.74) is 11.0. The summed E-state index contributed by atoms with van der Waals surface area (Å²) in [5.74, 6) is 0. The van der Waals surface area contributed by atoms with Gasteiger partial charge in [-0.05, 0) is 102 Å². The van der Waals surface area contributed by atoms with E-state index in [0.29, 0.717) is 0 Å². The van der Waals surface area contributed by atoms with Crippen LogP contribution >= 0.6 is 11.8 Å². The van der Waals surface area contributed by atoms with Gasteiger partial charge in [0.05, 0.1) is 5.69 Å². The van der Waals surface area contributed by atoms with E-state index < -0.39 is 8.07 Å². The van der Waals surface area contributed by atoms with E-state index in [9.17, 15) is 0 Å². The zero-order valence-corrected chi connectivity index (χ0v) is 31.9. The van der Waals surface area contributed by atoms with Crippen molar-refractivity contribution in [2.24, 2.45) is 0 Å². The quantitative estimate of drug-likeness (QED) is 0.162. The van der Waals surface area contributed by atoms with Crippen LogP contribution in [0.4, 0.5) is 17.1 Å². The lowest BCUT2D eigenvalue weighted by Gasteiger charge is -2.37. The van der Waals surface area contributed by atoms with Gasteiger partial charge in [-0.15, -0.1) is 0 Å². The zero-order valence-electron chi connectivity index (χ0n) is 30.1. The van der Waals surface area contributed by atoms with Crippen LogP contribution in [0.5, 0.6) is 0 Å². The molecule has 1 spiro atoms. The minimum atomic E-state index is -2.59. The van der Waals surface area contributed by atoms with Crippen molar-refractivity contribution in [3.05, 3.63) is 212 Å². The third-order valence-electron chi connectivity index (χ3n) is 11.5. The van der Waals surface area contributed by atoms with Gasteiger partial charge in [0.2, 0.25) is 0 Å². The minimum absolute atomic E-state index is 1.12. The fraction of sp³-hybridized carbons (Fsp3) is 0. The van der Waals surface area contributed by atoms with Crippen LogP contribution in [-0.4, -0.2) is 8.07 Å². The van der Waals surface area contributed by atoms with Crippen molar-refractivity contribution in [1.29, 1.82) is 0 Å². The summed E-state index contributed by atoms with van der Waals surface area (Å²) >= 11 is 1.92. The van der Waals surface area contributed by atoms with E-state index >= 15 is 0 Å². The van der Waals surface area contributed by atoms with Crippen molar-refractivity contribution < 1.29 is 0 Å². The topological polar surface area (TPSA) is 3.24 Å². The number of para-hydroxylation sites is 1. The van der Waals surface area contributed by atoms with E-state index in [1.165, 1.54) is 74.7 Å². The molecule has 11 rings (SSSR count). The zero-order chi connectivity index (χ0) is 36.3. The SMILES string of the molecule is c1ccc(-c2ccccc2N(c2ccc(-c3cccc4ccccc34)cc2)c2ccc3c(c2)-c2ccccc2[Si]32c3ccccc3Sc3ccccc32)cc1. The molecule has 0 radical (unpaired) electrons. The van der Waals surface area contributed by atoms with Crippen molar-refractivity contribution in [3.8, 4) is 33.4 Å². The molecular formula is C52H35NSSi. The van der Waals surface area contributed by atoms with E-state index in [1.54, 1.807) is 0 Å². The first kappa shape index (κ1) is 32.1. The number of rotatable bonds is 5. The highest BCUT2D eigenvalue weighted by atomic mass is 32.2. The first-order valence-corrected chi connectivity index (χ1v) is 21.7. The summed E-state index contributed by atoms with van der Waals surface area (Å²) in [4.78, 5) is 5.22. The molecule has 0 amide bonds. The number of hydrogen-bond acceptors (Lipinski definition) is 2. The number of fused-ring (bicyclic) bond motifs is 10. The van der Waals surface area contributed by atoms with Gasteiger partial charge in [-0.2, -0.15) is 0 Å². The highest BCUT2D eigenvalue weighted by Gasteiger charge is 2.52. The van der Waals surface area contributed by atoms with Crippen LogP contribution in [0.25, 0.3) is 44.2 Å². The smallest absolute Gasteiger partial charge is 0.183 e. The monoisotopic (exact) mass is 733 g/mol. The Hall–Kier alpha value is -6.39. The van der Waals surface area contributed by atoms with Gasteiger partial charge in [0.25, 0.3) is 0 Å². The summed E-state index contributed by atoms with van der Waals surface area (Å²) in [6.07, 6.45) is 0. The predicted octanol–water partition coefficient (Wildman–Crippen LogP) is 11.5. The van der Waals surface area contributed by atoms with Gasteiger partial charge < -0.3 is 4.90 Å². The van der Waals surface area contributed by atoms with Crippen molar-refractivity contribution in [1.82, 2.24) is 0 Å². The lowest BCUT2D eigenvalue weighted by Crippen LogP contribution is -2.74. The van der Waals surface area contributed by atoms with E-state index in [1.807, 2.05) is 11.8 Å². The van der Waals surface area contributed by atoms with Crippen LogP contribution < -0.4 is 25.6 Å². The summed E-state index contributed by atoms with van der Waals surface area (Å²) in [6, 6.07) is 78.9. The highest BCUT2D eigenvalue weighted by Crippen LogP contribution is 2.44. The standard InChI is InChI=1S/C52H35NSSi/c1-2-15-37(16-3-1)43-20-6-8-23-46(43)53(39-31-29-38(30-32-39)42-22-14-18-36-17-4-5-19-41(36)42)40-33-34-50-45(35-40)44-21-7-11-26-49(44)55(50)51-27-12-9-24-47(51)54-48-25-10-13-28-52(48)55/h1-35H. The molecule has 9 aromatic rings. The number of nitrogens with zero attached hydrogens (tertiary/aromatic N) is 1. The van der Waals surface area contributed by atoms with Crippen molar-refractivity contribution in [3.63, 3.8) is 0 Å². The van der Waals surface area contributed by atoms with E-state index in [4.69, 9.17) is 0 Å². The lowest BCUT2D eigenvalue weighted by atomic mass is 9.97. The van der Waals surface area contributed by atoms with E-state index in [-0.39, 0.29) is 0 Å². The molecule has 3 heteroatoms. The molecule has 0 N–H and O–H groups in total. The summed E-state index contributed by atoms with van der Waals surface area (Å²) in [6.45, 7) is 0. The average molecular weight is 734 g/mol. The maximum Gasteiger partial charge on any atom is 0.183 e. The Morgan fingerprint density at radius 2 is 0.891 bits per heavy atom. The Labute approximate surface area is 327 Å². The Bertz CT molecular complexity index is 2870. The number of hydrogen-bond donors (Lipinski definition) is 0. The Morgan fingerprint density at radius 1 is 0.345 bits per heavy atom. The molecule has 55 heavy (non-hydrogen) atoms. The molecule has 0 fully saturated rings.